The molecule has 0 saturated heterocycles. The summed E-state index contributed by atoms with van der Waals surface area (Å²) < 4.78 is 13.2. The molecule has 26 heavy (non-hydrogen) atoms. The van der Waals surface area contributed by atoms with Crippen molar-refractivity contribution in [3.05, 3.63) is 41.8 Å². The van der Waals surface area contributed by atoms with Gasteiger partial charge in [0.05, 0.1) is 5.39 Å². The third kappa shape index (κ3) is 3.83. The van der Waals surface area contributed by atoms with Gasteiger partial charge < -0.3 is 10.2 Å². The van der Waals surface area contributed by atoms with Crippen molar-refractivity contribution in [1.82, 2.24) is 14.9 Å². The van der Waals surface area contributed by atoms with Gasteiger partial charge in [-0.2, -0.15) is 0 Å². The van der Waals surface area contributed by atoms with Gasteiger partial charge in [-0.25, -0.2) is 14.4 Å². The molecule has 0 aliphatic carbocycles. The van der Waals surface area contributed by atoms with E-state index < -0.39 is 0 Å². The monoisotopic (exact) mass is 372 g/mol. The molecule has 3 rings (SSSR count). The van der Waals surface area contributed by atoms with Crippen molar-refractivity contribution in [2.75, 3.05) is 25.0 Å². The minimum absolute atomic E-state index is 0.122. The zero-order valence-corrected chi connectivity index (χ0v) is 15.6. The fraction of sp³-hybridized carbons (Fsp3) is 0.316. The van der Waals surface area contributed by atoms with E-state index in [1.165, 1.54) is 29.8 Å². The maximum Gasteiger partial charge on any atom is 0.224 e. The average Bonchev–Trinajstić information content (AvgIpc) is 3.08. The smallest absolute Gasteiger partial charge is 0.224 e. The summed E-state index contributed by atoms with van der Waals surface area (Å²) in [6, 6.07) is 6.38. The van der Waals surface area contributed by atoms with Gasteiger partial charge in [0, 0.05) is 37.0 Å². The van der Waals surface area contributed by atoms with Crippen LogP contribution in [0.1, 0.15) is 20.3 Å². The summed E-state index contributed by atoms with van der Waals surface area (Å²) in [5.41, 5.74) is 1.87. The molecule has 7 heteroatoms. The lowest BCUT2D eigenvalue weighted by Gasteiger charge is -2.18. The largest absolute Gasteiger partial charge is 0.369 e. The molecule has 2 aromatic heterocycles. The number of hydrogen-bond donors (Lipinski definition) is 1. The summed E-state index contributed by atoms with van der Waals surface area (Å²) >= 11 is 1.52. The van der Waals surface area contributed by atoms with Crippen molar-refractivity contribution in [3.63, 3.8) is 0 Å². The van der Waals surface area contributed by atoms with Crippen LogP contribution in [0.5, 0.6) is 0 Å². The van der Waals surface area contributed by atoms with E-state index in [4.69, 9.17) is 0 Å². The number of halogens is 1. The van der Waals surface area contributed by atoms with Gasteiger partial charge in [0.25, 0.3) is 0 Å². The number of carbonyl (C=O) groups is 1. The highest BCUT2D eigenvalue weighted by Crippen LogP contribution is 2.36. The molecule has 1 aromatic carbocycles. The Hall–Kier alpha value is -2.54. The molecule has 0 aliphatic rings. The Kier molecular flexibility index (Phi) is 5.78. The van der Waals surface area contributed by atoms with Gasteiger partial charge in [-0.05, 0) is 31.5 Å². The van der Waals surface area contributed by atoms with E-state index in [2.05, 4.69) is 15.3 Å². The van der Waals surface area contributed by atoms with E-state index in [1.54, 1.807) is 12.1 Å². The zero-order chi connectivity index (χ0) is 18.5. The normalized spacial score (nSPS) is 10.9. The predicted octanol–water partition coefficient (Wildman–Crippen LogP) is 4.17. The Morgan fingerprint density at radius 1 is 1.19 bits per heavy atom. The van der Waals surface area contributed by atoms with Crippen LogP contribution in [0.4, 0.5) is 10.2 Å². The topological polar surface area (TPSA) is 58.1 Å². The van der Waals surface area contributed by atoms with Crippen LogP contribution in [0.2, 0.25) is 0 Å². The summed E-state index contributed by atoms with van der Waals surface area (Å²) in [7, 11) is 0. The van der Waals surface area contributed by atoms with Crippen LogP contribution < -0.4 is 5.32 Å². The Labute approximate surface area is 155 Å². The van der Waals surface area contributed by atoms with E-state index in [0.717, 1.165) is 21.3 Å². The highest BCUT2D eigenvalue weighted by Gasteiger charge is 2.14. The number of carbonyl (C=O) groups excluding carboxylic acids is 1. The molecule has 136 valence electrons. The molecular weight excluding hydrogens is 351 g/mol. The van der Waals surface area contributed by atoms with Crippen molar-refractivity contribution < 1.29 is 9.18 Å². The SMILES string of the molecule is CCN(CC)C(=O)CCNc1ncnc2scc(-c3ccc(F)cc3)c12. The molecule has 3 aromatic rings. The molecule has 0 atom stereocenters. The van der Waals surface area contributed by atoms with Crippen molar-refractivity contribution in [1.29, 1.82) is 0 Å². The zero-order valence-electron chi connectivity index (χ0n) is 14.8. The number of fused-ring (bicyclic) bond motifs is 1. The molecule has 0 saturated carbocycles. The van der Waals surface area contributed by atoms with Gasteiger partial charge in [-0.1, -0.05) is 12.1 Å². The molecule has 0 bridgehead atoms. The van der Waals surface area contributed by atoms with Gasteiger partial charge in [0.2, 0.25) is 5.91 Å². The van der Waals surface area contributed by atoms with Crippen molar-refractivity contribution in [2.45, 2.75) is 20.3 Å². The molecule has 1 N–H and O–H groups in total. The van der Waals surface area contributed by atoms with Gasteiger partial charge in [-0.3, -0.25) is 4.79 Å². The van der Waals surface area contributed by atoms with Gasteiger partial charge in [0.1, 0.15) is 22.8 Å². The van der Waals surface area contributed by atoms with Gasteiger partial charge in [-0.15, -0.1) is 11.3 Å². The van der Waals surface area contributed by atoms with Crippen molar-refractivity contribution in [3.8, 4) is 11.1 Å². The lowest BCUT2D eigenvalue weighted by molar-refractivity contribution is -0.130. The summed E-state index contributed by atoms with van der Waals surface area (Å²) in [6.07, 6.45) is 1.92. The Morgan fingerprint density at radius 2 is 1.92 bits per heavy atom. The van der Waals surface area contributed by atoms with Crippen LogP contribution in [0.3, 0.4) is 0 Å². The van der Waals surface area contributed by atoms with Crippen LogP contribution >= 0.6 is 11.3 Å². The summed E-state index contributed by atoms with van der Waals surface area (Å²) in [5.74, 6) is 0.553. The lowest BCUT2D eigenvalue weighted by atomic mass is 10.1. The first-order valence-electron chi connectivity index (χ1n) is 8.63. The summed E-state index contributed by atoms with van der Waals surface area (Å²) in [5, 5.41) is 6.16. The fourth-order valence-corrected chi connectivity index (χ4v) is 3.79. The van der Waals surface area contributed by atoms with Crippen molar-refractivity contribution >= 4 is 33.3 Å². The Bertz CT molecular complexity index is 890. The quantitative estimate of drug-likeness (QED) is 0.676. The van der Waals surface area contributed by atoms with E-state index in [0.29, 0.717) is 31.9 Å². The van der Waals surface area contributed by atoms with Crippen LogP contribution in [-0.2, 0) is 4.79 Å². The maximum absolute atomic E-state index is 13.2. The molecule has 0 radical (unpaired) electrons. The number of benzene rings is 1. The van der Waals surface area contributed by atoms with E-state index in [-0.39, 0.29) is 11.7 Å². The molecule has 5 nitrogen and oxygen atoms in total. The molecule has 0 unspecified atom stereocenters. The van der Waals surface area contributed by atoms with Crippen LogP contribution in [0.25, 0.3) is 21.3 Å². The Morgan fingerprint density at radius 3 is 2.62 bits per heavy atom. The average molecular weight is 372 g/mol. The first-order valence-corrected chi connectivity index (χ1v) is 9.51. The second-order valence-electron chi connectivity index (χ2n) is 5.80. The highest BCUT2D eigenvalue weighted by molar-refractivity contribution is 7.17. The number of hydrogen-bond acceptors (Lipinski definition) is 5. The minimum Gasteiger partial charge on any atom is -0.369 e. The first kappa shape index (κ1) is 18.3. The van der Waals surface area contributed by atoms with Gasteiger partial charge in [0.15, 0.2) is 0 Å². The number of aromatic nitrogens is 2. The number of nitrogens with one attached hydrogen (secondary N) is 1. The van der Waals surface area contributed by atoms with E-state index in [9.17, 15) is 9.18 Å². The second-order valence-corrected chi connectivity index (χ2v) is 6.66. The molecule has 0 spiro atoms. The van der Waals surface area contributed by atoms with Gasteiger partial charge >= 0.3 is 0 Å². The third-order valence-corrected chi connectivity index (χ3v) is 5.16. The molecule has 0 fully saturated rings. The predicted molar refractivity (Wildman–Crippen MR) is 104 cm³/mol. The maximum atomic E-state index is 13.2. The van der Waals surface area contributed by atoms with Crippen LogP contribution in [0, 0.1) is 5.82 Å². The van der Waals surface area contributed by atoms with Crippen LogP contribution in [-0.4, -0.2) is 40.4 Å². The minimum atomic E-state index is -0.266. The number of nitrogens with zero attached hydrogens (tertiary/aromatic N) is 3. The molecule has 0 aliphatic heterocycles. The second kappa shape index (κ2) is 8.23. The van der Waals surface area contributed by atoms with Crippen molar-refractivity contribution in [2.24, 2.45) is 0 Å². The Balaban J connectivity index is 1.82. The third-order valence-electron chi connectivity index (χ3n) is 4.27. The lowest BCUT2D eigenvalue weighted by Crippen LogP contribution is -2.31. The first-order chi connectivity index (χ1) is 12.6. The standard InChI is InChI=1S/C19H21FN4OS/c1-3-24(4-2)16(25)9-10-21-18-17-15(11-26-19(17)23-12-22-18)13-5-7-14(20)8-6-13/h5-8,11-12H,3-4,9-10H2,1-2H3,(H,21,22,23). The number of anilines is 1. The fourth-order valence-electron chi connectivity index (χ4n) is 2.87. The van der Waals surface area contributed by atoms with E-state index in [1.807, 2.05) is 24.1 Å². The number of rotatable bonds is 7. The number of amides is 1. The molecule has 2 heterocycles. The molecular formula is C19H21FN4OS. The summed E-state index contributed by atoms with van der Waals surface area (Å²) in [6.45, 7) is 5.88. The highest BCUT2D eigenvalue weighted by atomic mass is 32.1. The van der Waals surface area contributed by atoms with E-state index >= 15 is 0 Å². The summed E-state index contributed by atoms with van der Waals surface area (Å²) in [4.78, 5) is 23.5. The van der Waals surface area contributed by atoms with Crippen LogP contribution in [0.15, 0.2) is 36.0 Å². The molecule has 1 amide bonds. The number of thiophene rings is 1.